The van der Waals surface area contributed by atoms with Gasteiger partial charge in [-0.15, -0.1) is 10.2 Å². The fraction of sp³-hybridized carbons (Fsp3) is 0.435. The van der Waals surface area contributed by atoms with E-state index in [1.807, 2.05) is 19.1 Å². The van der Waals surface area contributed by atoms with E-state index in [2.05, 4.69) is 30.0 Å². The van der Waals surface area contributed by atoms with Crippen LogP contribution in [0.5, 0.6) is 0 Å². The Labute approximate surface area is 215 Å². The summed E-state index contributed by atoms with van der Waals surface area (Å²) in [5, 5.41) is 11.5. The number of rotatable bonds is 10. The molecule has 14 heteroatoms. The first kappa shape index (κ1) is 26.4. The molecule has 0 aliphatic heterocycles. The third-order valence-electron chi connectivity index (χ3n) is 6.12. The molecule has 0 saturated carbocycles. The molecule has 0 radical (unpaired) electrons. The Morgan fingerprint density at radius 1 is 1.19 bits per heavy atom. The highest BCUT2D eigenvalue weighted by Crippen LogP contribution is 2.34. The second kappa shape index (κ2) is 10.8. The van der Waals surface area contributed by atoms with Crippen molar-refractivity contribution < 1.29 is 22.6 Å². The summed E-state index contributed by atoms with van der Waals surface area (Å²) in [4.78, 5) is 8.42. The van der Waals surface area contributed by atoms with E-state index < -0.39 is 27.5 Å². The van der Waals surface area contributed by atoms with Crippen LogP contribution in [0.3, 0.4) is 0 Å². The molecule has 3 aromatic heterocycles. The van der Waals surface area contributed by atoms with Crippen molar-refractivity contribution in [1.82, 2.24) is 34.5 Å². The Balaban J connectivity index is 1.84. The van der Waals surface area contributed by atoms with Crippen LogP contribution < -0.4 is 4.72 Å². The van der Waals surface area contributed by atoms with E-state index in [0.717, 1.165) is 5.56 Å². The van der Waals surface area contributed by atoms with Crippen molar-refractivity contribution in [2.24, 2.45) is 7.05 Å². The zero-order valence-corrected chi connectivity index (χ0v) is 22.3. The standard InChI is InChI=1S/C23H30N8O5S/c1-14-10-16(12-24-11-14)21-27-28-23(31(21)19-17(34-4)8-7-9-18(19)35-5)29-37(32,33)15(2)20(36-6)22-25-13-26-30(22)3/h7-8,10-13,15,18,20H,9H2,1-6H3,(H,28,29)/t15-,18?,20-/m0/s1. The normalized spacial score (nSPS) is 17.6. The summed E-state index contributed by atoms with van der Waals surface area (Å²) >= 11 is 0. The highest BCUT2D eigenvalue weighted by molar-refractivity contribution is 7.93. The van der Waals surface area contributed by atoms with Crippen LogP contribution in [0.4, 0.5) is 5.95 Å². The van der Waals surface area contributed by atoms with Gasteiger partial charge < -0.3 is 14.2 Å². The van der Waals surface area contributed by atoms with Gasteiger partial charge in [0, 0.05) is 39.2 Å². The molecule has 4 rings (SSSR count). The van der Waals surface area contributed by atoms with Crippen LogP contribution in [0.15, 0.2) is 42.7 Å². The number of anilines is 1. The molecule has 1 N–H and O–H groups in total. The van der Waals surface area contributed by atoms with E-state index in [1.165, 1.54) is 32.2 Å². The fourth-order valence-corrected chi connectivity index (χ4v) is 5.32. The van der Waals surface area contributed by atoms with Crippen LogP contribution in [-0.2, 0) is 31.3 Å². The molecule has 0 aromatic carbocycles. The lowest BCUT2D eigenvalue weighted by atomic mass is 10.1. The minimum absolute atomic E-state index is 0.0296. The quantitative estimate of drug-likeness (QED) is 0.413. The molecular formula is C23H30N8O5S. The summed E-state index contributed by atoms with van der Waals surface area (Å²) in [5.41, 5.74) is 2.10. The molecule has 37 heavy (non-hydrogen) atoms. The number of allylic oxidation sites excluding steroid dienone is 1. The third kappa shape index (κ3) is 5.12. The van der Waals surface area contributed by atoms with Crippen molar-refractivity contribution in [3.8, 4) is 11.4 Å². The Kier molecular flexibility index (Phi) is 7.71. The Morgan fingerprint density at radius 2 is 1.97 bits per heavy atom. The molecule has 3 heterocycles. The van der Waals surface area contributed by atoms with Crippen LogP contribution in [0.25, 0.3) is 17.1 Å². The number of methoxy groups -OCH3 is 3. The molecule has 3 atom stereocenters. The zero-order valence-electron chi connectivity index (χ0n) is 21.5. The second-order valence-electron chi connectivity index (χ2n) is 8.50. The van der Waals surface area contributed by atoms with Gasteiger partial charge in [-0.05, 0) is 38.0 Å². The number of hydrogen-bond donors (Lipinski definition) is 1. The second-order valence-corrected chi connectivity index (χ2v) is 10.5. The van der Waals surface area contributed by atoms with Crippen molar-refractivity contribution in [1.29, 1.82) is 0 Å². The van der Waals surface area contributed by atoms with Crippen molar-refractivity contribution >= 4 is 21.7 Å². The van der Waals surface area contributed by atoms with Gasteiger partial charge >= 0.3 is 0 Å². The molecule has 0 amide bonds. The van der Waals surface area contributed by atoms with Crippen LogP contribution >= 0.6 is 0 Å². The molecule has 1 aliphatic rings. The van der Waals surface area contributed by atoms with Crippen molar-refractivity contribution in [2.45, 2.75) is 37.7 Å². The van der Waals surface area contributed by atoms with Crippen LogP contribution in [0.1, 0.15) is 30.8 Å². The predicted molar refractivity (Wildman–Crippen MR) is 136 cm³/mol. The topological polar surface area (TPSA) is 148 Å². The first-order valence-electron chi connectivity index (χ1n) is 11.4. The van der Waals surface area contributed by atoms with E-state index in [0.29, 0.717) is 35.1 Å². The summed E-state index contributed by atoms with van der Waals surface area (Å²) in [6.45, 7) is 3.43. The Bertz CT molecular complexity index is 1430. The van der Waals surface area contributed by atoms with Gasteiger partial charge in [0.25, 0.3) is 0 Å². The molecule has 3 aromatic rings. The predicted octanol–water partition coefficient (Wildman–Crippen LogP) is 2.08. The largest absolute Gasteiger partial charge is 0.495 e. The zero-order chi connectivity index (χ0) is 26.7. The minimum atomic E-state index is -4.07. The lowest BCUT2D eigenvalue weighted by Crippen LogP contribution is -2.34. The highest BCUT2D eigenvalue weighted by Gasteiger charge is 2.36. The summed E-state index contributed by atoms with van der Waals surface area (Å²) in [6, 6.07) is 1.89. The maximum Gasteiger partial charge on any atom is 0.243 e. The van der Waals surface area contributed by atoms with E-state index in [4.69, 9.17) is 14.2 Å². The number of aryl methyl sites for hydroxylation is 2. The highest BCUT2D eigenvalue weighted by atomic mass is 32.2. The third-order valence-corrected chi connectivity index (χ3v) is 7.82. The summed E-state index contributed by atoms with van der Waals surface area (Å²) < 4.78 is 49.8. The monoisotopic (exact) mass is 530 g/mol. The van der Waals surface area contributed by atoms with E-state index >= 15 is 0 Å². The van der Waals surface area contributed by atoms with Crippen LogP contribution in [-0.4, -0.2) is 75.6 Å². The number of ether oxygens (including phenoxy) is 3. The first-order chi connectivity index (χ1) is 17.7. The number of sulfonamides is 1. The lowest BCUT2D eigenvalue weighted by Gasteiger charge is -2.27. The smallest absolute Gasteiger partial charge is 0.243 e. The number of pyridine rings is 1. The molecule has 198 valence electrons. The SMILES string of the molecule is COC1=C(n2c(NS(=O)(=O)[C@@H](C)[C@H](OC)c3ncnn3C)nnc2-c2cncc(C)c2)C(OC)CC=C1. The van der Waals surface area contributed by atoms with Crippen LogP contribution in [0.2, 0.25) is 0 Å². The molecule has 1 unspecified atom stereocenters. The lowest BCUT2D eigenvalue weighted by molar-refractivity contribution is 0.0918. The molecule has 0 fully saturated rings. The van der Waals surface area contributed by atoms with Crippen molar-refractivity contribution in [3.63, 3.8) is 0 Å². The van der Waals surface area contributed by atoms with Gasteiger partial charge in [-0.3, -0.25) is 19.0 Å². The fourth-order valence-electron chi connectivity index (χ4n) is 4.18. The van der Waals surface area contributed by atoms with Crippen molar-refractivity contribution in [2.75, 3.05) is 26.1 Å². The number of aromatic nitrogens is 7. The van der Waals surface area contributed by atoms with Gasteiger partial charge in [0.1, 0.15) is 29.5 Å². The van der Waals surface area contributed by atoms with E-state index in [-0.39, 0.29) is 5.95 Å². The molecule has 0 bridgehead atoms. The molecule has 13 nitrogen and oxygen atoms in total. The van der Waals surface area contributed by atoms with Crippen LogP contribution in [0, 0.1) is 6.92 Å². The first-order valence-corrected chi connectivity index (χ1v) is 13.0. The average molecular weight is 531 g/mol. The molecule has 0 saturated heterocycles. The molecule has 0 spiro atoms. The van der Waals surface area contributed by atoms with Gasteiger partial charge in [-0.2, -0.15) is 5.10 Å². The van der Waals surface area contributed by atoms with Gasteiger partial charge in [0.15, 0.2) is 11.6 Å². The number of nitrogens with zero attached hydrogens (tertiary/aromatic N) is 7. The Morgan fingerprint density at radius 3 is 2.59 bits per heavy atom. The number of nitrogens with one attached hydrogen (secondary N) is 1. The summed E-state index contributed by atoms with van der Waals surface area (Å²) in [7, 11) is 2.12. The van der Waals surface area contributed by atoms with E-state index in [1.54, 1.807) is 37.2 Å². The number of hydrogen-bond acceptors (Lipinski definition) is 10. The average Bonchev–Trinajstić information content (AvgIpc) is 3.49. The summed E-state index contributed by atoms with van der Waals surface area (Å²) in [6.07, 6.45) is 7.63. The maximum atomic E-state index is 13.6. The Hall–Kier alpha value is -3.62. The van der Waals surface area contributed by atoms with Gasteiger partial charge in [0.2, 0.25) is 16.0 Å². The molecule has 1 aliphatic carbocycles. The van der Waals surface area contributed by atoms with Gasteiger partial charge in [0.05, 0.1) is 12.8 Å². The van der Waals surface area contributed by atoms with E-state index in [9.17, 15) is 8.42 Å². The van der Waals surface area contributed by atoms with Gasteiger partial charge in [-0.25, -0.2) is 13.4 Å². The molecular weight excluding hydrogens is 500 g/mol. The van der Waals surface area contributed by atoms with Gasteiger partial charge in [-0.1, -0.05) is 6.08 Å². The minimum Gasteiger partial charge on any atom is -0.495 e. The van der Waals surface area contributed by atoms with Crippen molar-refractivity contribution in [3.05, 3.63) is 54.1 Å². The maximum absolute atomic E-state index is 13.6. The summed E-state index contributed by atoms with van der Waals surface area (Å²) in [5.74, 6) is 1.20.